The van der Waals surface area contributed by atoms with E-state index in [-0.39, 0.29) is 0 Å². The lowest BCUT2D eigenvalue weighted by molar-refractivity contribution is 0.295. The number of nitrogens with zero attached hydrogens (tertiary/aromatic N) is 4. The molecule has 1 heterocycles. The number of aromatic nitrogens is 4. The fraction of sp³-hybridized carbons (Fsp3) is 0.417. The third kappa shape index (κ3) is 3.27. The lowest BCUT2D eigenvalue weighted by Gasteiger charge is -2.03. The first-order chi connectivity index (χ1) is 8.81. The standard InChI is InChI=1S/C12H17N5O/c1-2-10-3-5-11(6-4-10)18-9-12-14-16-17(15-12)8-7-13/h3-6H,2,7-9,13H2,1H3. The van der Waals surface area contributed by atoms with Crippen molar-refractivity contribution in [1.82, 2.24) is 20.2 Å². The molecule has 6 heteroatoms. The van der Waals surface area contributed by atoms with Gasteiger partial charge in [-0.2, -0.15) is 4.80 Å². The summed E-state index contributed by atoms with van der Waals surface area (Å²) in [7, 11) is 0. The minimum absolute atomic E-state index is 0.316. The first-order valence-corrected chi connectivity index (χ1v) is 6.00. The summed E-state index contributed by atoms with van der Waals surface area (Å²) >= 11 is 0. The van der Waals surface area contributed by atoms with E-state index in [1.807, 2.05) is 24.3 Å². The molecule has 0 atom stereocenters. The smallest absolute Gasteiger partial charge is 0.212 e. The predicted molar refractivity (Wildman–Crippen MR) is 67.0 cm³/mol. The molecule has 2 rings (SSSR count). The van der Waals surface area contributed by atoms with Gasteiger partial charge in [-0.05, 0) is 29.3 Å². The van der Waals surface area contributed by atoms with Crippen LogP contribution < -0.4 is 10.5 Å². The summed E-state index contributed by atoms with van der Waals surface area (Å²) in [6, 6.07) is 7.99. The summed E-state index contributed by atoms with van der Waals surface area (Å²) < 4.78 is 5.57. The summed E-state index contributed by atoms with van der Waals surface area (Å²) in [4.78, 5) is 1.47. The molecule has 1 aromatic carbocycles. The number of hydrogen-bond acceptors (Lipinski definition) is 5. The van der Waals surface area contributed by atoms with Crippen molar-refractivity contribution in [3.05, 3.63) is 35.7 Å². The van der Waals surface area contributed by atoms with Crippen LogP contribution in [0.4, 0.5) is 0 Å². The molecular formula is C12H17N5O. The maximum atomic E-state index is 5.57. The quantitative estimate of drug-likeness (QED) is 0.815. The van der Waals surface area contributed by atoms with Gasteiger partial charge in [0.1, 0.15) is 5.75 Å². The highest BCUT2D eigenvalue weighted by atomic mass is 16.5. The highest BCUT2D eigenvalue weighted by Gasteiger charge is 2.03. The van der Waals surface area contributed by atoms with Gasteiger partial charge in [0.15, 0.2) is 6.61 Å². The maximum Gasteiger partial charge on any atom is 0.212 e. The Kier molecular flexibility index (Phi) is 4.25. The van der Waals surface area contributed by atoms with Gasteiger partial charge < -0.3 is 10.5 Å². The molecule has 2 N–H and O–H groups in total. The second-order valence-electron chi connectivity index (χ2n) is 3.88. The second-order valence-corrected chi connectivity index (χ2v) is 3.88. The van der Waals surface area contributed by atoms with Crippen LogP contribution in [-0.2, 0) is 19.6 Å². The minimum atomic E-state index is 0.316. The molecule has 96 valence electrons. The minimum Gasteiger partial charge on any atom is -0.485 e. The van der Waals surface area contributed by atoms with Crippen LogP contribution in [0.3, 0.4) is 0 Å². The number of hydrogen-bond donors (Lipinski definition) is 1. The molecule has 0 saturated heterocycles. The maximum absolute atomic E-state index is 5.57. The number of ether oxygens (including phenoxy) is 1. The highest BCUT2D eigenvalue weighted by Crippen LogP contribution is 2.13. The van der Waals surface area contributed by atoms with E-state index >= 15 is 0 Å². The van der Waals surface area contributed by atoms with Crippen molar-refractivity contribution >= 4 is 0 Å². The van der Waals surface area contributed by atoms with E-state index in [9.17, 15) is 0 Å². The lowest BCUT2D eigenvalue weighted by atomic mass is 10.2. The molecule has 0 bridgehead atoms. The Labute approximate surface area is 106 Å². The van der Waals surface area contributed by atoms with Crippen LogP contribution in [0, 0.1) is 0 Å². The van der Waals surface area contributed by atoms with E-state index in [0.29, 0.717) is 25.5 Å². The van der Waals surface area contributed by atoms with Gasteiger partial charge in [-0.3, -0.25) is 0 Å². The molecule has 0 aliphatic heterocycles. The zero-order valence-corrected chi connectivity index (χ0v) is 10.4. The van der Waals surface area contributed by atoms with Crippen LogP contribution in [0.2, 0.25) is 0 Å². The van der Waals surface area contributed by atoms with Crippen molar-refractivity contribution in [3.63, 3.8) is 0 Å². The van der Waals surface area contributed by atoms with E-state index in [1.165, 1.54) is 10.4 Å². The van der Waals surface area contributed by atoms with Crippen LogP contribution in [-0.4, -0.2) is 26.8 Å². The van der Waals surface area contributed by atoms with E-state index in [0.717, 1.165) is 12.2 Å². The third-order valence-corrected chi connectivity index (χ3v) is 2.52. The second kappa shape index (κ2) is 6.11. The fourth-order valence-electron chi connectivity index (χ4n) is 1.51. The van der Waals surface area contributed by atoms with Gasteiger partial charge in [0, 0.05) is 6.54 Å². The number of nitrogens with two attached hydrogens (primary N) is 1. The molecule has 1 aromatic heterocycles. The largest absolute Gasteiger partial charge is 0.485 e. The Morgan fingerprint density at radius 2 is 2.06 bits per heavy atom. The van der Waals surface area contributed by atoms with Gasteiger partial charge in [-0.15, -0.1) is 10.2 Å². The molecule has 0 spiro atoms. The van der Waals surface area contributed by atoms with Gasteiger partial charge >= 0.3 is 0 Å². The fourth-order valence-corrected chi connectivity index (χ4v) is 1.51. The van der Waals surface area contributed by atoms with E-state index in [1.54, 1.807) is 0 Å². The normalized spacial score (nSPS) is 10.6. The molecule has 0 amide bonds. The summed E-state index contributed by atoms with van der Waals surface area (Å²) in [5.74, 6) is 1.37. The van der Waals surface area contributed by atoms with Crippen LogP contribution in [0.5, 0.6) is 5.75 Å². The topological polar surface area (TPSA) is 78.9 Å². The highest BCUT2D eigenvalue weighted by molar-refractivity contribution is 5.27. The van der Waals surface area contributed by atoms with Crippen LogP contribution in [0.15, 0.2) is 24.3 Å². The average Bonchev–Trinajstić information content (AvgIpc) is 2.85. The van der Waals surface area contributed by atoms with Gasteiger partial charge in [0.2, 0.25) is 5.82 Å². The van der Waals surface area contributed by atoms with E-state index in [4.69, 9.17) is 10.5 Å². The van der Waals surface area contributed by atoms with Crippen molar-refractivity contribution in [2.45, 2.75) is 26.5 Å². The van der Waals surface area contributed by atoms with Crippen molar-refractivity contribution in [2.75, 3.05) is 6.54 Å². The number of benzene rings is 1. The first kappa shape index (κ1) is 12.5. The molecule has 0 fully saturated rings. The molecular weight excluding hydrogens is 230 g/mol. The van der Waals surface area contributed by atoms with Crippen molar-refractivity contribution in [2.24, 2.45) is 5.73 Å². The van der Waals surface area contributed by atoms with Crippen LogP contribution >= 0.6 is 0 Å². The number of rotatable bonds is 6. The van der Waals surface area contributed by atoms with Crippen LogP contribution in [0.25, 0.3) is 0 Å². The lowest BCUT2D eigenvalue weighted by Crippen LogP contribution is -2.12. The third-order valence-electron chi connectivity index (χ3n) is 2.52. The molecule has 0 aliphatic carbocycles. The van der Waals surface area contributed by atoms with Crippen molar-refractivity contribution < 1.29 is 4.74 Å². The monoisotopic (exact) mass is 247 g/mol. The zero-order chi connectivity index (χ0) is 12.8. The summed E-state index contributed by atoms with van der Waals surface area (Å²) in [5.41, 5.74) is 6.69. The molecule has 0 saturated carbocycles. The SMILES string of the molecule is CCc1ccc(OCc2nnn(CCN)n2)cc1. The van der Waals surface area contributed by atoms with Crippen LogP contribution in [0.1, 0.15) is 18.3 Å². The van der Waals surface area contributed by atoms with Gasteiger partial charge in [0.05, 0.1) is 6.54 Å². The predicted octanol–water partition coefficient (Wildman–Crippen LogP) is 0.773. The first-order valence-electron chi connectivity index (χ1n) is 6.00. The van der Waals surface area contributed by atoms with Gasteiger partial charge in [-0.25, -0.2) is 0 Å². The van der Waals surface area contributed by atoms with Gasteiger partial charge in [-0.1, -0.05) is 19.1 Å². The van der Waals surface area contributed by atoms with Crippen molar-refractivity contribution in [3.8, 4) is 5.75 Å². The molecule has 6 nitrogen and oxygen atoms in total. The Morgan fingerprint density at radius 1 is 1.28 bits per heavy atom. The molecule has 2 aromatic rings. The van der Waals surface area contributed by atoms with Gasteiger partial charge in [0.25, 0.3) is 0 Å². The average molecular weight is 247 g/mol. The zero-order valence-electron chi connectivity index (χ0n) is 10.4. The number of tetrazole rings is 1. The molecule has 0 aliphatic rings. The Hall–Kier alpha value is -1.95. The Morgan fingerprint density at radius 3 is 2.72 bits per heavy atom. The summed E-state index contributed by atoms with van der Waals surface area (Å²) in [6.07, 6.45) is 1.02. The molecule has 0 unspecified atom stereocenters. The summed E-state index contributed by atoms with van der Waals surface area (Å²) in [5, 5.41) is 11.9. The summed E-state index contributed by atoms with van der Waals surface area (Å²) in [6.45, 7) is 3.50. The molecule has 18 heavy (non-hydrogen) atoms. The Balaban J connectivity index is 1.89. The van der Waals surface area contributed by atoms with E-state index < -0.39 is 0 Å². The molecule has 0 radical (unpaired) electrons. The van der Waals surface area contributed by atoms with Crippen molar-refractivity contribution in [1.29, 1.82) is 0 Å². The van der Waals surface area contributed by atoms with E-state index in [2.05, 4.69) is 22.3 Å². The Bertz CT molecular complexity index is 479. The number of aryl methyl sites for hydroxylation is 1.